The fourth-order valence-corrected chi connectivity index (χ4v) is 2.21. The molecule has 0 aromatic carbocycles. The molecule has 0 bridgehead atoms. The van der Waals surface area contributed by atoms with Gasteiger partial charge in [-0.2, -0.15) is 4.98 Å². The first-order valence-electron chi connectivity index (χ1n) is 6.37. The molecule has 1 N–H and O–H groups in total. The van der Waals surface area contributed by atoms with E-state index < -0.39 is 0 Å². The maximum Gasteiger partial charge on any atom is 0.226 e. The third-order valence-corrected chi connectivity index (χ3v) is 3.09. The molecule has 1 aromatic heterocycles. The molecular formula is C13H22N4O. The quantitative estimate of drug-likeness (QED) is 0.888. The first-order valence-corrected chi connectivity index (χ1v) is 6.37. The number of nitrogens with zero attached hydrogens (tertiary/aromatic N) is 3. The second-order valence-electron chi connectivity index (χ2n) is 5.58. The highest BCUT2D eigenvalue weighted by molar-refractivity contribution is 5.41. The number of hydrogen-bond donors (Lipinski definition) is 1. The molecule has 1 fully saturated rings. The number of ether oxygens (including phenoxy) is 1. The molecule has 1 atom stereocenters. The van der Waals surface area contributed by atoms with E-state index >= 15 is 0 Å². The molecule has 1 aliphatic rings. The molecule has 0 amide bonds. The molecule has 18 heavy (non-hydrogen) atoms. The molecule has 0 radical (unpaired) electrons. The zero-order valence-electron chi connectivity index (χ0n) is 11.6. The van der Waals surface area contributed by atoms with Gasteiger partial charge in [-0.15, -0.1) is 0 Å². The van der Waals surface area contributed by atoms with Crippen LogP contribution < -0.4 is 10.2 Å². The predicted octanol–water partition coefficient (Wildman–Crippen LogP) is 1.91. The molecule has 5 heteroatoms. The maximum absolute atomic E-state index is 5.71. The second-order valence-corrected chi connectivity index (χ2v) is 5.58. The van der Waals surface area contributed by atoms with E-state index in [9.17, 15) is 0 Å². The minimum Gasteiger partial charge on any atom is -0.375 e. The van der Waals surface area contributed by atoms with Gasteiger partial charge in [0.1, 0.15) is 5.82 Å². The summed E-state index contributed by atoms with van der Waals surface area (Å²) in [7, 11) is 3.88. The molecule has 0 saturated carbocycles. The van der Waals surface area contributed by atoms with Crippen molar-refractivity contribution in [1.29, 1.82) is 0 Å². The smallest absolute Gasteiger partial charge is 0.226 e. The van der Waals surface area contributed by atoms with E-state index in [2.05, 4.69) is 29.1 Å². The first-order chi connectivity index (χ1) is 8.46. The van der Waals surface area contributed by atoms with Gasteiger partial charge in [0.25, 0.3) is 0 Å². The van der Waals surface area contributed by atoms with Gasteiger partial charge in [0.15, 0.2) is 0 Å². The van der Waals surface area contributed by atoms with Crippen LogP contribution >= 0.6 is 0 Å². The van der Waals surface area contributed by atoms with E-state index in [1.165, 1.54) is 0 Å². The van der Waals surface area contributed by atoms with Crippen molar-refractivity contribution in [2.24, 2.45) is 0 Å². The van der Waals surface area contributed by atoms with E-state index in [4.69, 9.17) is 4.74 Å². The molecular weight excluding hydrogens is 228 g/mol. The van der Waals surface area contributed by atoms with E-state index in [-0.39, 0.29) is 5.60 Å². The van der Waals surface area contributed by atoms with Crippen LogP contribution in [0.2, 0.25) is 0 Å². The van der Waals surface area contributed by atoms with Gasteiger partial charge in [-0.05, 0) is 32.8 Å². The number of anilines is 2. The van der Waals surface area contributed by atoms with Crippen LogP contribution in [0, 0.1) is 0 Å². The maximum atomic E-state index is 5.71. The Bertz CT molecular complexity index is 406. The second kappa shape index (κ2) is 5.10. The monoisotopic (exact) mass is 250 g/mol. The van der Waals surface area contributed by atoms with Crippen LogP contribution in [0.1, 0.15) is 26.7 Å². The van der Waals surface area contributed by atoms with Crippen LogP contribution in [0.15, 0.2) is 12.3 Å². The van der Waals surface area contributed by atoms with Gasteiger partial charge in [0.2, 0.25) is 5.95 Å². The van der Waals surface area contributed by atoms with Crippen molar-refractivity contribution < 1.29 is 4.74 Å². The Morgan fingerprint density at radius 3 is 2.89 bits per heavy atom. The van der Waals surface area contributed by atoms with Crippen molar-refractivity contribution >= 4 is 11.8 Å². The van der Waals surface area contributed by atoms with Crippen LogP contribution in [-0.2, 0) is 4.74 Å². The Balaban J connectivity index is 2.03. The first kappa shape index (κ1) is 13.1. The molecule has 1 saturated heterocycles. The van der Waals surface area contributed by atoms with Crippen LogP contribution in [0.3, 0.4) is 0 Å². The van der Waals surface area contributed by atoms with Gasteiger partial charge >= 0.3 is 0 Å². The lowest BCUT2D eigenvalue weighted by atomic mass is 9.94. The lowest BCUT2D eigenvalue weighted by molar-refractivity contribution is -0.0553. The number of hydrogen-bond acceptors (Lipinski definition) is 5. The van der Waals surface area contributed by atoms with Crippen molar-refractivity contribution in [2.75, 3.05) is 30.9 Å². The topological polar surface area (TPSA) is 50.3 Å². The highest BCUT2D eigenvalue weighted by Gasteiger charge is 2.28. The Hall–Kier alpha value is -1.36. The lowest BCUT2D eigenvalue weighted by Gasteiger charge is -2.36. The average molecular weight is 250 g/mol. The number of rotatable bonds is 3. The van der Waals surface area contributed by atoms with Gasteiger partial charge < -0.3 is 15.0 Å². The van der Waals surface area contributed by atoms with Gasteiger partial charge in [-0.25, -0.2) is 4.98 Å². The van der Waals surface area contributed by atoms with Crippen molar-refractivity contribution in [2.45, 2.75) is 38.3 Å². The minimum atomic E-state index is -0.0483. The van der Waals surface area contributed by atoms with E-state index in [0.717, 1.165) is 31.2 Å². The summed E-state index contributed by atoms with van der Waals surface area (Å²) in [4.78, 5) is 10.6. The highest BCUT2D eigenvalue weighted by Crippen LogP contribution is 2.26. The fourth-order valence-electron chi connectivity index (χ4n) is 2.21. The Kier molecular flexibility index (Phi) is 3.71. The Morgan fingerprint density at radius 1 is 1.44 bits per heavy atom. The Labute approximate surface area is 109 Å². The van der Waals surface area contributed by atoms with E-state index in [0.29, 0.717) is 6.04 Å². The summed E-state index contributed by atoms with van der Waals surface area (Å²) >= 11 is 0. The van der Waals surface area contributed by atoms with Gasteiger partial charge in [0.05, 0.1) is 5.60 Å². The molecule has 2 rings (SSSR count). The zero-order valence-corrected chi connectivity index (χ0v) is 11.6. The summed E-state index contributed by atoms with van der Waals surface area (Å²) in [6.45, 7) is 5.06. The molecule has 1 aliphatic heterocycles. The molecule has 5 nitrogen and oxygen atoms in total. The van der Waals surface area contributed by atoms with Crippen molar-refractivity contribution in [3.63, 3.8) is 0 Å². The van der Waals surface area contributed by atoms with Gasteiger partial charge in [-0.1, -0.05) is 0 Å². The van der Waals surface area contributed by atoms with Gasteiger partial charge in [-0.3, -0.25) is 0 Å². The summed E-state index contributed by atoms with van der Waals surface area (Å²) in [5, 5.41) is 3.47. The number of aromatic nitrogens is 2. The fraction of sp³-hybridized carbons (Fsp3) is 0.692. The van der Waals surface area contributed by atoms with E-state index in [1.807, 2.05) is 25.1 Å². The van der Waals surface area contributed by atoms with Crippen LogP contribution in [0.5, 0.6) is 0 Å². The molecule has 1 unspecified atom stereocenters. The van der Waals surface area contributed by atoms with Crippen molar-refractivity contribution in [1.82, 2.24) is 9.97 Å². The van der Waals surface area contributed by atoms with Crippen LogP contribution in [-0.4, -0.2) is 42.3 Å². The zero-order chi connectivity index (χ0) is 13.2. The SMILES string of the molecule is CN(C)c1nccc(NC2CCOC(C)(C)C2)n1. The summed E-state index contributed by atoms with van der Waals surface area (Å²) in [6, 6.07) is 2.33. The standard InChI is InChI=1S/C13H22N4O/c1-13(2)9-10(6-8-18-13)15-11-5-7-14-12(16-11)17(3)4/h5,7,10H,6,8-9H2,1-4H3,(H,14,15,16). The summed E-state index contributed by atoms with van der Waals surface area (Å²) < 4.78 is 5.71. The van der Waals surface area contributed by atoms with Gasteiger partial charge in [0, 0.05) is 32.9 Å². The molecule has 2 heterocycles. The van der Waals surface area contributed by atoms with Crippen molar-refractivity contribution in [3.8, 4) is 0 Å². The predicted molar refractivity (Wildman–Crippen MR) is 73.0 cm³/mol. The highest BCUT2D eigenvalue weighted by atomic mass is 16.5. The minimum absolute atomic E-state index is 0.0483. The largest absolute Gasteiger partial charge is 0.375 e. The normalized spacial score (nSPS) is 22.6. The third-order valence-electron chi connectivity index (χ3n) is 3.09. The van der Waals surface area contributed by atoms with E-state index in [1.54, 1.807) is 6.20 Å². The van der Waals surface area contributed by atoms with Crippen LogP contribution in [0.4, 0.5) is 11.8 Å². The summed E-state index contributed by atoms with van der Waals surface area (Å²) in [5.74, 6) is 1.61. The van der Waals surface area contributed by atoms with Crippen LogP contribution in [0.25, 0.3) is 0 Å². The Morgan fingerprint density at radius 2 is 2.22 bits per heavy atom. The summed E-state index contributed by atoms with van der Waals surface area (Å²) in [5.41, 5.74) is -0.0483. The third kappa shape index (κ3) is 3.32. The average Bonchev–Trinajstić information content (AvgIpc) is 2.28. The molecule has 0 spiro atoms. The van der Waals surface area contributed by atoms with Crippen molar-refractivity contribution in [3.05, 3.63) is 12.3 Å². The molecule has 0 aliphatic carbocycles. The summed E-state index contributed by atoms with van der Waals surface area (Å²) in [6.07, 6.45) is 3.80. The molecule has 1 aromatic rings. The number of nitrogens with one attached hydrogen (secondary N) is 1. The lowest BCUT2D eigenvalue weighted by Crippen LogP contribution is -2.40. The molecule has 100 valence electrons.